The van der Waals surface area contributed by atoms with E-state index in [1.807, 2.05) is 18.2 Å². The van der Waals surface area contributed by atoms with Gasteiger partial charge in [-0.1, -0.05) is 11.2 Å². The maximum Gasteiger partial charge on any atom is 0.170 e. The molecule has 0 bridgehead atoms. The summed E-state index contributed by atoms with van der Waals surface area (Å²) < 4.78 is 10.9. The third-order valence-electron chi connectivity index (χ3n) is 2.96. The van der Waals surface area contributed by atoms with Crippen LogP contribution in [0.3, 0.4) is 0 Å². The number of aromatic nitrogens is 1. The maximum absolute atomic E-state index is 5.80. The molecule has 0 spiro atoms. The fraction of sp³-hybridized carbons (Fsp3) is 0.417. The highest BCUT2D eigenvalue weighted by Crippen LogP contribution is 2.25. The lowest BCUT2D eigenvalue weighted by Crippen LogP contribution is -2.28. The fourth-order valence-electron chi connectivity index (χ4n) is 2.08. The van der Waals surface area contributed by atoms with Gasteiger partial charge in [0.1, 0.15) is 12.4 Å². The van der Waals surface area contributed by atoms with E-state index in [0.717, 1.165) is 23.3 Å². The summed E-state index contributed by atoms with van der Waals surface area (Å²) in [6.45, 7) is 1.82. The lowest BCUT2D eigenvalue weighted by molar-refractivity contribution is 0.280. The molecule has 1 fully saturated rings. The number of fused-ring (bicyclic) bond motifs is 1. The van der Waals surface area contributed by atoms with E-state index in [0.29, 0.717) is 12.6 Å². The van der Waals surface area contributed by atoms with Gasteiger partial charge < -0.3 is 14.6 Å². The Labute approximate surface area is 93.6 Å². The van der Waals surface area contributed by atoms with Crippen molar-refractivity contribution in [3.05, 3.63) is 24.4 Å². The minimum atomic E-state index is 0.482. The van der Waals surface area contributed by atoms with Crippen molar-refractivity contribution in [3.8, 4) is 5.75 Å². The molecule has 1 unspecified atom stereocenters. The van der Waals surface area contributed by atoms with Crippen LogP contribution in [0.5, 0.6) is 5.75 Å². The van der Waals surface area contributed by atoms with Gasteiger partial charge in [0.25, 0.3) is 0 Å². The van der Waals surface area contributed by atoms with E-state index in [1.165, 1.54) is 12.8 Å². The molecule has 3 rings (SSSR count). The average Bonchev–Trinajstić information content (AvgIpc) is 2.97. The number of ether oxygens (including phenoxy) is 1. The molecule has 0 amide bonds. The number of rotatable bonds is 3. The molecule has 0 radical (unpaired) electrons. The average molecular weight is 218 g/mol. The van der Waals surface area contributed by atoms with Gasteiger partial charge in [-0.05, 0) is 31.5 Å². The van der Waals surface area contributed by atoms with E-state index >= 15 is 0 Å². The number of hydrogen-bond acceptors (Lipinski definition) is 4. The second kappa shape index (κ2) is 4.14. The zero-order chi connectivity index (χ0) is 10.8. The van der Waals surface area contributed by atoms with E-state index in [2.05, 4.69) is 10.5 Å². The molecule has 0 saturated carbocycles. The van der Waals surface area contributed by atoms with Crippen molar-refractivity contribution in [1.82, 2.24) is 10.5 Å². The Kier molecular flexibility index (Phi) is 2.50. The summed E-state index contributed by atoms with van der Waals surface area (Å²) in [7, 11) is 0. The normalized spacial score (nSPS) is 20.4. The van der Waals surface area contributed by atoms with Gasteiger partial charge in [0.15, 0.2) is 5.58 Å². The van der Waals surface area contributed by atoms with Crippen LogP contribution in [-0.2, 0) is 0 Å². The van der Waals surface area contributed by atoms with E-state index in [1.54, 1.807) is 6.20 Å². The molecule has 1 aliphatic rings. The van der Waals surface area contributed by atoms with Crippen LogP contribution in [0.25, 0.3) is 11.0 Å². The molecule has 1 saturated heterocycles. The van der Waals surface area contributed by atoms with E-state index < -0.39 is 0 Å². The van der Waals surface area contributed by atoms with E-state index in [-0.39, 0.29) is 0 Å². The molecule has 1 aromatic carbocycles. The van der Waals surface area contributed by atoms with Gasteiger partial charge >= 0.3 is 0 Å². The Morgan fingerprint density at radius 2 is 2.50 bits per heavy atom. The first-order valence-corrected chi connectivity index (χ1v) is 5.63. The van der Waals surface area contributed by atoms with Crippen LogP contribution in [0, 0.1) is 0 Å². The van der Waals surface area contributed by atoms with Crippen LogP contribution in [0.15, 0.2) is 28.9 Å². The van der Waals surface area contributed by atoms with Crippen molar-refractivity contribution in [3.63, 3.8) is 0 Å². The van der Waals surface area contributed by atoms with Crippen LogP contribution in [-0.4, -0.2) is 24.4 Å². The zero-order valence-electron chi connectivity index (χ0n) is 8.98. The van der Waals surface area contributed by atoms with Crippen LogP contribution >= 0.6 is 0 Å². The predicted molar refractivity (Wildman–Crippen MR) is 60.5 cm³/mol. The Morgan fingerprint density at radius 3 is 3.38 bits per heavy atom. The van der Waals surface area contributed by atoms with Gasteiger partial charge in [0.2, 0.25) is 0 Å². The second-order valence-electron chi connectivity index (χ2n) is 4.10. The van der Waals surface area contributed by atoms with Gasteiger partial charge in [0.05, 0.1) is 11.6 Å². The van der Waals surface area contributed by atoms with E-state index in [9.17, 15) is 0 Å². The summed E-state index contributed by atoms with van der Waals surface area (Å²) in [5, 5.41) is 8.12. The highest BCUT2D eigenvalue weighted by Gasteiger charge is 2.15. The zero-order valence-corrected chi connectivity index (χ0v) is 8.98. The summed E-state index contributed by atoms with van der Waals surface area (Å²) >= 11 is 0. The topological polar surface area (TPSA) is 47.3 Å². The number of nitrogens with zero attached hydrogens (tertiary/aromatic N) is 1. The third kappa shape index (κ3) is 1.76. The molecule has 1 atom stereocenters. The minimum absolute atomic E-state index is 0.482. The smallest absolute Gasteiger partial charge is 0.170 e. The second-order valence-corrected chi connectivity index (χ2v) is 4.10. The Balaban J connectivity index is 1.75. The molecule has 84 valence electrons. The van der Waals surface area contributed by atoms with Crippen molar-refractivity contribution in [2.24, 2.45) is 0 Å². The summed E-state index contributed by atoms with van der Waals surface area (Å²) in [6, 6.07) is 6.25. The van der Waals surface area contributed by atoms with Crippen molar-refractivity contribution in [1.29, 1.82) is 0 Å². The van der Waals surface area contributed by atoms with Gasteiger partial charge in [-0.2, -0.15) is 0 Å². The Bertz CT molecular complexity index is 475. The third-order valence-corrected chi connectivity index (χ3v) is 2.96. The molecule has 1 aliphatic heterocycles. The molecule has 4 nitrogen and oxygen atoms in total. The molecule has 1 N–H and O–H groups in total. The highest BCUT2D eigenvalue weighted by atomic mass is 16.5. The molecular formula is C12H14N2O2. The molecular weight excluding hydrogens is 204 g/mol. The number of nitrogens with one attached hydrogen (secondary N) is 1. The van der Waals surface area contributed by atoms with E-state index in [4.69, 9.17) is 9.26 Å². The van der Waals surface area contributed by atoms with Crippen molar-refractivity contribution in [2.75, 3.05) is 13.2 Å². The molecule has 2 heterocycles. The quantitative estimate of drug-likeness (QED) is 0.855. The Morgan fingerprint density at radius 1 is 1.50 bits per heavy atom. The van der Waals surface area contributed by atoms with Crippen LogP contribution < -0.4 is 10.1 Å². The van der Waals surface area contributed by atoms with Gasteiger partial charge in [0, 0.05) is 6.04 Å². The van der Waals surface area contributed by atoms with Gasteiger partial charge in [-0.25, -0.2) is 0 Å². The monoisotopic (exact) mass is 218 g/mol. The predicted octanol–water partition coefficient (Wildman–Crippen LogP) is 1.96. The molecule has 16 heavy (non-hydrogen) atoms. The Hall–Kier alpha value is -1.55. The van der Waals surface area contributed by atoms with Gasteiger partial charge in [-0.15, -0.1) is 0 Å². The first-order valence-electron chi connectivity index (χ1n) is 5.63. The lowest BCUT2D eigenvalue weighted by atomic mass is 10.2. The SMILES string of the molecule is c1cc(OCC2CCCN2)c2cnoc2c1. The van der Waals surface area contributed by atoms with Crippen molar-refractivity contribution in [2.45, 2.75) is 18.9 Å². The largest absolute Gasteiger partial charge is 0.491 e. The highest BCUT2D eigenvalue weighted by molar-refractivity contribution is 5.82. The van der Waals surface area contributed by atoms with Crippen molar-refractivity contribution < 1.29 is 9.26 Å². The lowest BCUT2D eigenvalue weighted by Gasteiger charge is -2.12. The van der Waals surface area contributed by atoms with Crippen LogP contribution in [0.2, 0.25) is 0 Å². The van der Waals surface area contributed by atoms with Gasteiger partial charge in [-0.3, -0.25) is 0 Å². The molecule has 4 heteroatoms. The first kappa shape index (κ1) is 9.66. The molecule has 2 aromatic rings. The number of hydrogen-bond donors (Lipinski definition) is 1. The molecule has 0 aliphatic carbocycles. The van der Waals surface area contributed by atoms with Crippen molar-refractivity contribution >= 4 is 11.0 Å². The van der Waals surface area contributed by atoms with Crippen LogP contribution in [0.1, 0.15) is 12.8 Å². The first-order chi connectivity index (χ1) is 7.93. The maximum atomic E-state index is 5.80. The summed E-state index contributed by atoms with van der Waals surface area (Å²) in [5.41, 5.74) is 0.775. The minimum Gasteiger partial charge on any atom is -0.491 e. The molecule has 1 aromatic heterocycles. The summed E-state index contributed by atoms with van der Waals surface area (Å²) in [5.74, 6) is 0.854. The summed E-state index contributed by atoms with van der Waals surface area (Å²) in [6.07, 6.45) is 4.14. The summed E-state index contributed by atoms with van der Waals surface area (Å²) in [4.78, 5) is 0. The fourth-order valence-corrected chi connectivity index (χ4v) is 2.08. The standard InChI is InChI=1S/C12H14N2O2/c1-4-11(10-7-14-16-12(10)5-1)15-8-9-3-2-6-13-9/h1,4-5,7,9,13H,2-3,6,8H2. The van der Waals surface area contributed by atoms with Crippen LogP contribution in [0.4, 0.5) is 0 Å². The number of benzene rings is 1.